The summed E-state index contributed by atoms with van der Waals surface area (Å²) in [7, 11) is 0. The lowest BCUT2D eigenvalue weighted by atomic mass is 10.1. The van der Waals surface area contributed by atoms with Crippen LogP contribution in [0.3, 0.4) is 0 Å². The van der Waals surface area contributed by atoms with E-state index in [1.54, 1.807) is 43.3 Å². The van der Waals surface area contributed by atoms with Crippen LogP contribution in [0.1, 0.15) is 39.9 Å². The Hall–Kier alpha value is -3.53. The number of aryl methyl sites for hydroxylation is 1. The second-order valence-corrected chi connectivity index (χ2v) is 8.04. The molecule has 1 unspecified atom stereocenters. The number of aromatic nitrogens is 2. The predicted molar refractivity (Wildman–Crippen MR) is 116 cm³/mol. The molecule has 1 atom stereocenters. The van der Waals surface area contributed by atoms with Crippen LogP contribution in [0, 0.1) is 0 Å². The monoisotopic (exact) mass is 439 g/mol. The first kappa shape index (κ1) is 20.7. The minimum Gasteiger partial charge on any atom is -0.326 e. The number of carbonyl (C=O) groups is 3. The van der Waals surface area contributed by atoms with Crippen molar-refractivity contribution < 1.29 is 14.4 Å². The van der Waals surface area contributed by atoms with Crippen LogP contribution in [-0.2, 0) is 11.3 Å². The van der Waals surface area contributed by atoms with E-state index in [0.29, 0.717) is 41.6 Å². The van der Waals surface area contributed by atoms with Gasteiger partial charge in [-0.15, -0.1) is 11.3 Å². The van der Waals surface area contributed by atoms with Crippen LogP contribution in [0.2, 0.25) is 0 Å². The molecule has 0 spiro atoms. The Morgan fingerprint density at radius 3 is 2.61 bits per heavy atom. The minimum absolute atomic E-state index is 0.0373. The maximum atomic E-state index is 12.8. The Morgan fingerprint density at radius 2 is 1.90 bits per heavy atom. The third-order valence-corrected chi connectivity index (χ3v) is 6.09. The predicted octanol–water partition coefficient (Wildman–Crippen LogP) is 1.54. The number of carbonyl (C=O) groups excluding carboxylic acids is 3. The van der Waals surface area contributed by atoms with Gasteiger partial charge < -0.3 is 4.90 Å². The zero-order valence-corrected chi connectivity index (χ0v) is 17.6. The molecule has 10 heteroatoms. The molecule has 3 amide bonds. The maximum absolute atomic E-state index is 12.8. The normalized spacial score (nSPS) is 15.8. The van der Waals surface area contributed by atoms with E-state index in [1.165, 1.54) is 20.9 Å². The summed E-state index contributed by atoms with van der Waals surface area (Å²) in [4.78, 5) is 52.7. The van der Waals surface area contributed by atoms with Crippen LogP contribution in [0.5, 0.6) is 0 Å². The summed E-state index contributed by atoms with van der Waals surface area (Å²) >= 11 is 1.32. The molecule has 3 heterocycles. The smallest absolute Gasteiger partial charge is 0.290 e. The lowest BCUT2D eigenvalue weighted by molar-refractivity contribution is -0.125. The van der Waals surface area contributed by atoms with Crippen LogP contribution in [-0.4, -0.2) is 45.0 Å². The van der Waals surface area contributed by atoms with Crippen molar-refractivity contribution in [3.05, 3.63) is 62.7 Å². The summed E-state index contributed by atoms with van der Waals surface area (Å²) in [5, 5.41) is 6.74. The van der Waals surface area contributed by atoms with E-state index >= 15 is 0 Å². The van der Waals surface area contributed by atoms with Gasteiger partial charge in [-0.05, 0) is 37.3 Å². The lowest BCUT2D eigenvalue weighted by Gasteiger charge is -2.23. The van der Waals surface area contributed by atoms with E-state index < -0.39 is 17.9 Å². The molecule has 2 aromatic heterocycles. The van der Waals surface area contributed by atoms with Crippen LogP contribution >= 0.6 is 11.3 Å². The summed E-state index contributed by atoms with van der Waals surface area (Å²) in [6.07, 6.45) is 1.22. The molecule has 1 saturated heterocycles. The highest BCUT2D eigenvalue weighted by molar-refractivity contribution is 7.12. The molecule has 9 nitrogen and oxygen atoms in total. The van der Waals surface area contributed by atoms with E-state index in [2.05, 4.69) is 16.0 Å². The lowest BCUT2D eigenvalue weighted by Crippen LogP contribution is -2.51. The van der Waals surface area contributed by atoms with Crippen molar-refractivity contribution in [1.82, 2.24) is 25.5 Å². The first-order chi connectivity index (χ1) is 15.0. The highest BCUT2D eigenvalue weighted by Crippen LogP contribution is 2.22. The summed E-state index contributed by atoms with van der Waals surface area (Å²) in [6, 6.07) is 9.54. The first-order valence-corrected chi connectivity index (χ1v) is 10.8. The van der Waals surface area contributed by atoms with Gasteiger partial charge in [0, 0.05) is 18.5 Å². The Labute approximate surface area is 181 Å². The largest absolute Gasteiger partial charge is 0.326 e. The molecular formula is C21H21N5O4S. The van der Waals surface area contributed by atoms with E-state index in [0.717, 1.165) is 0 Å². The molecule has 3 aromatic rings. The number of benzene rings is 1. The minimum atomic E-state index is -0.663. The Morgan fingerprint density at radius 1 is 1.13 bits per heavy atom. The second kappa shape index (κ2) is 8.68. The molecule has 4 rings (SSSR count). The van der Waals surface area contributed by atoms with E-state index in [4.69, 9.17) is 0 Å². The molecule has 31 heavy (non-hydrogen) atoms. The van der Waals surface area contributed by atoms with Crippen LogP contribution in [0.4, 0.5) is 0 Å². The average Bonchev–Trinajstić information content (AvgIpc) is 3.50. The van der Waals surface area contributed by atoms with Gasteiger partial charge in [0.05, 0.1) is 10.3 Å². The third-order valence-electron chi connectivity index (χ3n) is 5.23. The number of rotatable bonds is 4. The fourth-order valence-corrected chi connectivity index (χ4v) is 4.38. The van der Waals surface area contributed by atoms with Gasteiger partial charge in [0.2, 0.25) is 0 Å². The standard InChI is InChI=1S/C21H21N5O4S/c1-2-26-20(29)14-8-4-3-7-13(14)17(24-26)19(28)23-22-18(27)15-9-5-11-25(15)21(30)16-10-6-12-31-16/h3-4,6-8,10,12,15H,2,5,9,11H2,1H3,(H,22,27)(H,23,28). The summed E-state index contributed by atoms with van der Waals surface area (Å²) in [5.41, 5.74) is 4.55. The number of nitrogens with zero attached hydrogens (tertiary/aromatic N) is 3. The zero-order valence-electron chi connectivity index (χ0n) is 16.8. The number of likely N-dealkylation sites (tertiary alicyclic amines) is 1. The van der Waals surface area contributed by atoms with Gasteiger partial charge in [-0.2, -0.15) is 5.10 Å². The number of thiophene rings is 1. The van der Waals surface area contributed by atoms with E-state index in [1.807, 2.05) is 5.38 Å². The van der Waals surface area contributed by atoms with Crippen LogP contribution in [0.25, 0.3) is 10.8 Å². The van der Waals surface area contributed by atoms with Gasteiger partial charge in [-0.1, -0.05) is 24.3 Å². The van der Waals surface area contributed by atoms with Gasteiger partial charge in [-0.3, -0.25) is 30.0 Å². The van der Waals surface area contributed by atoms with Gasteiger partial charge in [-0.25, -0.2) is 4.68 Å². The fourth-order valence-electron chi connectivity index (χ4n) is 3.70. The van der Waals surface area contributed by atoms with Gasteiger partial charge in [0.25, 0.3) is 23.3 Å². The van der Waals surface area contributed by atoms with Crippen molar-refractivity contribution in [2.75, 3.05) is 6.54 Å². The van der Waals surface area contributed by atoms with Gasteiger partial charge in [0.15, 0.2) is 5.69 Å². The van der Waals surface area contributed by atoms with Crippen molar-refractivity contribution in [2.24, 2.45) is 0 Å². The summed E-state index contributed by atoms with van der Waals surface area (Å²) < 4.78 is 1.21. The highest BCUT2D eigenvalue weighted by atomic mass is 32.1. The highest BCUT2D eigenvalue weighted by Gasteiger charge is 2.35. The van der Waals surface area contributed by atoms with E-state index in [9.17, 15) is 19.2 Å². The molecule has 1 fully saturated rings. The van der Waals surface area contributed by atoms with Crippen LogP contribution < -0.4 is 16.4 Å². The maximum Gasteiger partial charge on any atom is 0.290 e. The molecule has 1 aliphatic rings. The number of hydrogen-bond donors (Lipinski definition) is 2. The summed E-state index contributed by atoms with van der Waals surface area (Å²) in [6.45, 7) is 2.54. The molecule has 0 aliphatic carbocycles. The van der Waals surface area contributed by atoms with Crippen molar-refractivity contribution >= 4 is 39.8 Å². The zero-order chi connectivity index (χ0) is 22.0. The second-order valence-electron chi connectivity index (χ2n) is 7.09. The number of nitrogens with one attached hydrogen (secondary N) is 2. The average molecular weight is 439 g/mol. The molecule has 160 valence electrons. The molecule has 0 saturated carbocycles. The summed E-state index contributed by atoms with van der Waals surface area (Å²) in [5.74, 6) is -1.30. The van der Waals surface area contributed by atoms with E-state index in [-0.39, 0.29) is 17.2 Å². The third kappa shape index (κ3) is 3.93. The molecular weight excluding hydrogens is 418 g/mol. The molecule has 0 radical (unpaired) electrons. The van der Waals surface area contributed by atoms with Crippen molar-refractivity contribution in [3.8, 4) is 0 Å². The molecule has 1 aromatic carbocycles. The van der Waals surface area contributed by atoms with Gasteiger partial charge >= 0.3 is 0 Å². The number of amides is 3. The van der Waals surface area contributed by atoms with Crippen molar-refractivity contribution in [3.63, 3.8) is 0 Å². The number of hydrogen-bond acceptors (Lipinski definition) is 6. The molecule has 1 aliphatic heterocycles. The first-order valence-electron chi connectivity index (χ1n) is 9.95. The van der Waals surface area contributed by atoms with Gasteiger partial charge in [0.1, 0.15) is 6.04 Å². The quantitative estimate of drug-likeness (QED) is 0.599. The van der Waals surface area contributed by atoms with Crippen molar-refractivity contribution in [2.45, 2.75) is 32.4 Å². The fraction of sp³-hybridized carbons (Fsp3) is 0.286. The molecule has 2 N–H and O–H groups in total. The van der Waals surface area contributed by atoms with Crippen molar-refractivity contribution in [1.29, 1.82) is 0 Å². The Balaban J connectivity index is 1.50. The number of hydrazine groups is 1. The van der Waals surface area contributed by atoms with Crippen LogP contribution in [0.15, 0.2) is 46.6 Å². The number of fused-ring (bicyclic) bond motifs is 1. The topological polar surface area (TPSA) is 113 Å². The SMILES string of the molecule is CCn1nc(C(=O)NNC(=O)C2CCCN2C(=O)c2cccs2)c2ccccc2c1=O. The Kier molecular flexibility index (Phi) is 5.81. The Bertz CT molecular complexity index is 1200. The molecule has 0 bridgehead atoms.